The van der Waals surface area contributed by atoms with Crippen LogP contribution in [0.4, 0.5) is 5.00 Å². The van der Waals surface area contributed by atoms with E-state index in [9.17, 15) is 4.79 Å². The van der Waals surface area contributed by atoms with Gasteiger partial charge >= 0.3 is 0 Å². The number of unbranched alkanes of at least 4 members (excludes halogenated alkanes) is 2. The van der Waals surface area contributed by atoms with Gasteiger partial charge in [-0.15, -0.1) is 22.7 Å². The van der Waals surface area contributed by atoms with Crippen molar-refractivity contribution < 1.29 is 9.53 Å². The molecule has 1 N–H and O–H groups in total. The molecule has 6 heteroatoms. The van der Waals surface area contributed by atoms with Gasteiger partial charge in [-0.3, -0.25) is 4.79 Å². The monoisotopic (exact) mass is 476 g/mol. The van der Waals surface area contributed by atoms with Gasteiger partial charge in [0.1, 0.15) is 15.8 Å². The van der Waals surface area contributed by atoms with Crippen LogP contribution in [0.15, 0.2) is 48.5 Å². The number of thiophene rings is 1. The first kappa shape index (κ1) is 22.1. The first-order valence-corrected chi connectivity index (χ1v) is 13.4. The maximum absolute atomic E-state index is 13.2. The van der Waals surface area contributed by atoms with Crippen molar-refractivity contribution in [3.8, 4) is 16.3 Å². The van der Waals surface area contributed by atoms with E-state index in [4.69, 9.17) is 9.72 Å². The molecule has 2 aromatic carbocycles. The predicted octanol–water partition coefficient (Wildman–Crippen LogP) is 7.72. The molecule has 0 fully saturated rings. The molecule has 1 aliphatic rings. The minimum Gasteiger partial charge on any atom is -0.494 e. The minimum absolute atomic E-state index is 0.102. The fourth-order valence-corrected chi connectivity index (χ4v) is 6.70. The summed E-state index contributed by atoms with van der Waals surface area (Å²) in [7, 11) is 0. The molecule has 1 amide bonds. The van der Waals surface area contributed by atoms with E-state index in [2.05, 4.69) is 24.4 Å². The van der Waals surface area contributed by atoms with Crippen molar-refractivity contribution in [2.45, 2.75) is 51.9 Å². The average Bonchev–Trinajstić information content (AvgIpc) is 3.42. The van der Waals surface area contributed by atoms with Gasteiger partial charge in [0, 0.05) is 16.0 Å². The third-order valence-electron chi connectivity index (χ3n) is 6.02. The summed E-state index contributed by atoms with van der Waals surface area (Å²) < 4.78 is 7.03. The van der Waals surface area contributed by atoms with Crippen molar-refractivity contribution in [3.05, 3.63) is 64.5 Å². The number of nitrogens with one attached hydrogen (secondary N) is 1. The zero-order valence-corrected chi connectivity index (χ0v) is 20.5. The number of anilines is 1. The van der Waals surface area contributed by atoms with Gasteiger partial charge in [0.15, 0.2) is 0 Å². The third-order valence-corrected chi connectivity index (χ3v) is 8.28. The molecule has 0 saturated carbocycles. The Kier molecular flexibility index (Phi) is 6.74. The van der Waals surface area contributed by atoms with Crippen LogP contribution in [-0.2, 0) is 12.8 Å². The van der Waals surface area contributed by atoms with Crippen LogP contribution in [0.25, 0.3) is 20.8 Å². The summed E-state index contributed by atoms with van der Waals surface area (Å²) in [5.74, 6) is 0.644. The lowest BCUT2D eigenvalue weighted by atomic mass is 9.95. The first-order valence-electron chi connectivity index (χ1n) is 11.8. The smallest absolute Gasteiger partial charge is 0.256 e. The van der Waals surface area contributed by atoms with Crippen LogP contribution in [0.1, 0.15) is 59.8 Å². The third kappa shape index (κ3) is 4.82. The molecule has 0 unspecified atom stereocenters. The van der Waals surface area contributed by atoms with E-state index in [1.54, 1.807) is 22.7 Å². The van der Waals surface area contributed by atoms with Gasteiger partial charge in [-0.25, -0.2) is 4.98 Å². The van der Waals surface area contributed by atoms with Crippen molar-refractivity contribution in [1.82, 2.24) is 4.98 Å². The highest BCUT2D eigenvalue weighted by Crippen LogP contribution is 2.46. The van der Waals surface area contributed by atoms with Gasteiger partial charge in [-0.1, -0.05) is 38.0 Å². The lowest BCUT2D eigenvalue weighted by Gasteiger charge is -2.12. The number of aromatic nitrogens is 1. The predicted molar refractivity (Wildman–Crippen MR) is 139 cm³/mol. The number of hydrogen-bond acceptors (Lipinski definition) is 5. The minimum atomic E-state index is -0.102. The molecule has 0 atom stereocenters. The molecule has 1 aliphatic carbocycles. The SMILES string of the molecule is CCCCCOc1cccc(C(=O)Nc2sc3c(c2-c2nc4ccccc4s2)CCCC3)c1. The largest absolute Gasteiger partial charge is 0.494 e. The van der Waals surface area contributed by atoms with E-state index in [1.165, 1.54) is 28.0 Å². The van der Waals surface area contributed by atoms with E-state index >= 15 is 0 Å². The van der Waals surface area contributed by atoms with Crippen LogP contribution in [0, 0.1) is 0 Å². The van der Waals surface area contributed by atoms with Crippen LogP contribution in [0.3, 0.4) is 0 Å². The van der Waals surface area contributed by atoms with Crippen molar-refractivity contribution >= 4 is 43.8 Å². The second kappa shape index (κ2) is 10.1. The van der Waals surface area contributed by atoms with Crippen molar-refractivity contribution in [1.29, 1.82) is 0 Å². The molecule has 2 aromatic heterocycles. The van der Waals surface area contributed by atoms with E-state index in [1.807, 2.05) is 36.4 Å². The maximum Gasteiger partial charge on any atom is 0.256 e. The number of carbonyl (C=O) groups excluding carboxylic acids is 1. The van der Waals surface area contributed by atoms with Crippen LogP contribution in [0.2, 0.25) is 0 Å². The highest BCUT2D eigenvalue weighted by molar-refractivity contribution is 7.23. The number of nitrogens with zero attached hydrogens (tertiary/aromatic N) is 1. The zero-order valence-electron chi connectivity index (χ0n) is 18.9. The molecule has 0 aliphatic heterocycles. The number of rotatable bonds is 8. The Morgan fingerprint density at radius 1 is 1.06 bits per heavy atom. The van der Waals surface area contributed by atoms with Gasteiger partial charge in [0.2, 0.25) is 0 Å². The quantitative estimate of drug-likeness (QED) is 0.265. The number of carbonyl (C=O) groups is 1. The number of ether oxygens (including phenoxy) is 1. The normalized spacial score (nSPS) is 13.1. The number of amides is 1. The fourth-order valence-electron chi connectivity index (χ4n) is 4.30. The molecular formula is C27H28N2O2S2. The van der Waals surface area contributed by atoms with Gasteiger partial charge in [0.25, 0.3) is 5.91 Å². The van der Waals surface area contributed by atoms with Crippen LogP contribution < -0.4 is 10.1 Å². The van der Waals surface area contributed by atoms with Crippen LogP contribution >= 0.6 is 22.7 Å². The molecule has 0 radical (unpaired) electrons. The number of fused-ring (bicyclic) bond motifs is 2. The topological polar surface area (TPSA) is 51.2 Å². The summed E-state index contributed by atoms with van der Waals surface area (Å²) in [6.45, 7) is 2.86. The Morgan fingerprint density at radius 2 is 1.94 bits per heavy atom. The second-order valence-corrected chi connectivity index (χ2v) is 10.6. The molecule has 4 aromatic rings. The van der Waals surface area contributed by atoms with Gasteiger partial charge < -0.3 is 10.1 Å². The highest BCUT2D eigenvalue weighted by Gasteiger charge is 2.25. The van der Waals surface area contributed by atoms with E-state index in [0.29, 0.717) is 12.2 Å². The Labute approximate surface area is 202 Å². The lowest BCUT2D eigenvalue weighted by Crippen LogP contribution is -2.12. The van der Waals surface area contributed by atoms with E-state index < -0.39 is 0 Å². The molecule has 0 spiro atoms. The molecule has 0 bridgehead atoms. The number of thiazole rings is 1. The zero-order chi connectivity index (χ0) is 22.6. The van der Waals surface area contributed by atoms with Gasteiger partial charge in [-0.05, 0) is 68.0 Å². The number of hydrogen-bond donors (Lipinski definition) is 1. The first-order chi connectivity index (χ1) is 16.2. The number of para-hydroxylation sites is 1. The van der Waals surface area contributed by atoms with E-state index in [0.717, 1.165) is 58.9 Å². The van der Waals surface area contributed by atoms with Gasteiger partial charge in [-0.2, -0.15) is 0 Å². The summed E-state index contributed by atoms with van der Waals surface area (Å²) in [6, 6.07) is 15.7. The highest BCUT2D eigenvalue weighted by atomic mass is 32.1. The summed E-state index contributed by atoms with van der Waals surface area (Å²) in [4.78, 5) is 19.5. The Morgan fingerprint density at radius 3 is 2.82 bits per heavy atom. The lowest BCUT2D eigenvalue weighted by molar-refractivity contribution is 0.102. The number of benzene rings is 2. The maximum atomic E-state index is 13.2. The Balaban J connectivity index is 1.43. The van der Waals surface area contributed by atoms with E-state index in [-0.39, 0.29) is 5.91 Å². The molecule has 33 heavy (non-hydrogen) atoms. The van der Waals surface area contributed by atoms with Crippen molar-refractivity contribution in [2.75, 3.05) is 11.9 Å². The summed E-state index contributed by atoms with van der Waals surface area (Å²) in [6.07, 6.45) is 7.86. The van der Waals surface area contributed by atoms with Crippen molar-refractivity contribution in [2.24, 2.45) is 0 Å². The average molecular weight is 477 g/mol. The summed E-state index contributed by atoms with van der Waals surface area (Å²) >= 11 is 3.42. The fraction of sp³-hybridized carbons (Fsp3) is 0.333. The van der Waals surface area contributed by atoms with Crippen LogP contribution in [0.5, 0.6) is 5.75 Å². The Bertz CT molecular complexity index is 1240. The van der Waals surface area contributed by atoms with Crippen LogP contribution in [-0.4, -0.2) is 17.5 Å². The summed E-state index contributed by atoms with van der Waals surface area (Å²) in [5, 5.41) is 5.14. The van der Waals surface area contributed by atoms with Crippen molar-refractivity contribution in [3.63, 3.8) is 0 Å². The molecule has 4 nitrogen and oxygen atoms in total. The second-order valence-electron chi connectivity index (χ2n) is 8.44. The molecule has 170 valence electrons. The Hall–Kier alpha value is -2.70. The van der Waals surface area contributed by atoms with Gasteiger partial charge in [0.05, 0.1) is 16.8 Å². The molecular weight excluding hydrogens is 448 g/mol. The molecule has 2 heterocycles. The molecule has 0 saturated heterocycles. The standard InChI is InChI=1S/C27H28N2O2S2/c1-2-3-8-16-31-19-11-9-10-18(17-19)25(30)29-27-24(20-12-4-6-14-22(20)32-27)26-28-21-13-5-7-15-23(21)33-26/h5,7,9-11,13,15,17H,2-4,6,8,12,14,16H2,1H3,(H,29,30). The summed E-state index contributed by atoms with van der Waals surface area (Å²) in [5.41, 5.74) is 4.12. The number of aryl methyl sites for hydroxylation is 1. The molecule has 5 rings (SSSR count).